The van der Waals surface area contributed by atoms with Gasteiger partial charge >= 0.3 is 0 Å². The maximum Gasteiger partial charge on any atom is 0.251 e. The number of rotatable bonds is 10. The van der Waals surface area contributed by atoms with Gasteiger partial charge in [0.1, 0.15) is 11.8 Å². The van der Waals surface area contributed by atoms with Crippen LogP contribution in [0.2, 0.25) is 0 Å². The topological polar surface area (TPSA) is 97.3 Å². The van der Waals surface area contributed by atoms with E-state index >= 15 is 0 Å². The van der Waals surface area contributed by atoms with Crippen molar-refractivity contribution in [3.05, 3.63) is 108 Å². The van der Waals surface area contributed by atoms with Gasteiger partial charge in [-0.05, 0) is 61.4 Å². The SMILES string of the molecule is COc1ccc(NC(=O)[C@@H](c2ccccc2)N(Cc2cccnc2)C(=O)CSc2nc(C)cc(C)n2)cc1. The average Bonchev–Trinajstić information content (AvgIpc) is 2.92. The molecule has 1 atom stereocenters. The van der Waals surface area contributed by atoms with Crippen LogP contribution in [0.3, 0.4) is 0 Å². The first-order valence-corrected chi connectivity index (χ1v) is 13.0. The van der Waals surface area contributed by atoms with E-state index < -0.39 is 6.04 Å². The predicted molar refractivity (Wildman–Crippen MR) is 148 cm³/mol. The van der Waals surface area contributed by atoms with Crippen molar-refractivity contribution in [2.45, 2.75) is 31.6 Å². The third kappa shape index (κ3) is 7.17. The largest absolute Gasteiger partial charge is 0.497 e. The lowest BCUT2D eigenvalue weighted by molar-refractivity contribution is -0.137. The highest BCUT2D eigenvalue weighted by molar-refractivity contribution is 7.99. The number of thioether (sulfide) groups is 1. The van der Waals surface area contributed by atoms with Crippen LogP contribution in [0.4, 0.5) is 5.69 Å². The fourth-order valence-electron chi connectivity index (χ4n) is 3.97. The molecule has 38 heavy (non-hydrogen) atoms. The van der Waals surface area contributed by atoms with Crippen molar-refractivity contribution < 1.29 is 14.3 Å². The number of aryl methyl sites for hydroxylation is 2. The van der Waals surface area contributed by atoms with Gasteiger partial charge in [0.05, 0.1) is 12.9 Å². The molecule has 1 N–H and O–H groups in total. The quantitative estimate of drug-likeness (QED) is 0.229. The molecule has 2 heterocycles. The van der Waals surface area contributed by atoms with Crippen molar-refractivity contribution in [1.29, 1.82) is 0 Å². The molecule has 0 unspecified atom stereocenters. The standard InChI is InChI=1S/C29H29N5O3S/c1-20-16-21(2)32-29(31-20)38-19-26(35)34(18-22-8-7-15-30-17-22)27(23-9-5-4-6-10-23)28(36)33-24-11-13-25(37-3)14-12-24/h4-17,27H,18-19H2,1-3H3,(H,33,36)/t27-/m1/s1. The molecule has 0 saturated heterocycles. The number of methoxy groups -OCH3 is 1. The number of amides is 2. The average molecular weight is 528 g/mol. The summed E-state index contributed by atoms with van der Waals surface area (Å²) in [5.74, 6) is 0.204. The summed E-state index contributed by atoms with van der Waals surface area (Å²) in [4.78, 5) is 42.2. The lowest BCUT2D eigenvalue weighted by atomic mass is 10.0. The molecule has 4 aromatic rings. The number of hydrogen-bond acceptors (Lipinski definition) is 7. The van der Waals surface area contributed by atoms with Crippen LogP contribution in [0.1, 0.15) is 28.6 Å². The van der Waals surface area contributed by atoms with Crippen LogP contribution >= 0.6 is 11.8 Å². The number of ether oxygens (including phenoxy) is 1. The molecular weight excluding hydrogens is 498 g/mol. The van der Waals surface area contributed by atoms with E-state index in [4.69, 9.17) is 4.74 Å². The van der Waals surface area contributed by atoms with Crippen LogP contribution in [0, 0.1) is 13.8 Å². The Morgan fingerprint density at radius 2 is 1.68 bits per heavy atom. The number of hydrogen-bond donors (Lipinski definition) is 1. The van der Waals surface area contributed by atoms with Gasteiger partial charge in [-0.25, -0.2) is 9.97 Å². The van der Waals surface area contributed by atoms with Crippen LogP contribution in [0.15, 0.2) is 90.3 Å². The fraction of sp³-hybridized carbons (Fsp3) is 0.207. The number of carbonyl (C=O) groups excluding carboxylic acids is 2. The molecule has 9 heteroatoms. The number of pyridine rings is 1. The first-order chi connectivity index (χ1) is 18.4. The molecule has 0 saturated carbocycles. The fourth-order valence-corrected chi connectivity index (χ4v) is 4.81. The minimum absolute atomic E-state index is 0.0717. The van der Waals surface area contributed by atoms with Gasteiger partial charge in [0.15, 0.2) is 5.16 Å². The van der Waals surface area contributed by atoms with E-state index in [-0.39, 0.29) is 24.1 Å². The van der Waals surface area contributed by atoms with E-state index in [2.05, 4.69) is 20.3 Å². The number of carbonyl (C=O) groups is 2. The van der Waals surface area contributed by atoms with Crippen molar-refractivity contribution in [1.82, 2.24) is 19.9 Å². The molecule has 2 aromatic carbocycles. The van der Waals surface area contributed by atoms with Crippen LogP contribution < -0.4 is 10.1 Å². The van der Waals surface area contributed by atoms with Crippen molar-refractivity contribution in [3.8, 4) is 5.75 Å². The molecule has 0 fully saturated rings. The van der Waals surface area contributed by atoms with Crippen LogP contribution in [-0.4, -0.2) is 44.5 Å². The Labute approximate surface area is 226 Å². The second kappa shape index (κ2) is 12.8. The lowest BCUT2D eigenvalue weighted by Crippen LogP contribution is -2.41. The van der Waals surface area contributed by atoms with Crippen LogP contribution in [0.5, 0.6) is 5.75 Å². The van der Waals surface area contributed by atoms with Crippen molar-refractivity contribution in [2.75, 3.05) is 18.2 Å². The molecule has 2 amide bonds. The first-order valence-electron chi connectivity index (χ1n) is 12.1. The molecule has 0 aliphatic rings. The molecule has 2 aromatic heterocycles. The molecule has 0 bridgehead atoms. The van der Waals surface area contributed by atoms with Gasteiger partial charge in [-0.2, -0.15) is 0 Å². The van der Waals surface area contributed by atoms with Gasteiger partial charge in [-0.3, -0.25) is 14.6 Å². The minimum atomic E-state index is -0.883. The second-order valence-electron chi connectivity index (χ2n) is 8.64. The van der Waals surface area contributed by atoms with Crippen molar-refractivity contribution >= 4 is 29.3 Å². The molecule has 0 radical (unpaired) electrons. The Kier molecular flexibility index (Phi) is 9.05. The summed E-state index contributed by atoms with van der Waals surface area (Å²) in [6.07, 6.45) is 3.37. The Balaban J connectivity index is 1.65. The smallest absolute Gasteiger partial charge is 0.251 e. The first kappa shape index (κ1) is 26.8. The Bertz CT molecular complexity index is 1350. The highest BCUT2D eigenvalue weighted by Crippen LogP contribution is 2.27. The van der Waals surface area contributed by atoms with E-state index in [1.165, 1.54) is 11.8 Å². The Morgan fingerprint density at radius 3 is 2.32 bits per heavy atom. The van der Waals surface area contributed by atoms with Gasteiger partial charge in [0.2, 0.25) is 5.91 Å². The maximum absolute atomic E-state index is 13.8. The van der Waals surface area contributed by atoms with Gasteiger partial charge in [-0.15, -0.1) is 0 Å². The number of nitrogens with one attached hydrogen (secondary N) is 1. The summed E-state index contributed by atoms with van der Waals surface area (Å²) in [5, 5.41) is 3.49. The zero-order valence-electron chi connectivity index (χ0n) is 21.5. The predicted octanol–water partition coefficient (Wildman–Crippen LogP) is 5.00. The Morgan fingerprint density at radius 1 is 0.974 bits per heavy atom. The number of anilines is 1. The normalized spacial score (nSPS) is 11.4. The van der Waals surface area contributed by atoms with E-state index in [1.54, 1.807) is 48.7 Å². The summed E-state index contributed by atoms with van der Waals surface area (Å²) in [6, 6.07) is 21.1. The summed E-state index contributed by atoms with van der Waals surface area (Å²) in [7, 11) is 1.59. The summed E-state index contributed by atoms with van der Waals surface area (Å²) >= 11 is 1.25. The molecule has 0 aliphatic carbocycles. The number of benzene rings is 2. The highest BCUT2D eigenvalue weighted by Gasteiger charge is 2.32. The van der Waals surface area contributed by atoms with E-state index in [1.807, 2.05) is 62.4 Å². The molecule has 4 rings (SSSR count). The lowest BCUT2D eigenvalue weighted by Gasteiger charge is -2.31. The van der Waals surface area contributed by atoms with E-state index in [9.17, 15) is 9.59 Å². The summed E-state index contributed by atoms with van der Waals surface area (Å²) < 4.78 is 5.22. The molecule has 0 spiro atoms. The molecule has 8 nitrogen and oxygen atoms in total. The van der Waals surface area contributed by atoms with E-state index in [0.29, 0.717) is 22.2 Å². The zero-order chi connectivity index (χ0) is 26.9. The summed E-state index contributed by atoms with van der Waals surface area (Å²) in [6.45, 7) is 3.99. The second-order valence-corrected chi connectivity index (χ2v) is 9.58. The Hall–Kier alpha value is -4.24. The van der Waals surface area contributed by atoms with Gasteiger partial charge in [0.25, 0.3) is 5.91 Å². The zero-order valence-corrected chi connectivity index (χ0v) is 22.3. The molecular formula is C29H29N5O3S. The van der Waals surface area contributed by atoms with Crippen molar-refractivity contribution in [3.63, 3.8) is 0 Å². The maximum atomic E-state index is 13.8. The highest BCUT2D eigenvalue weighted by atomic mass is 32.2. The number of aromatic nitrogens is 3. The van der Waals surface area contributed by atoms with Crippen molar-refractivity contribution in [2.24, 2.45) is 0 Å². The summed E-state index contributed by atoms with van der Waals surface area (Å²) in [5.41, 5.74) is 3.78. The van der Waals surface area contributed by atoms with Gasteiger partial charge in [-0.1, -0.05) is 48.2 Å². The number of nitrogens with zero attached hydrogens (tertiary/aromatic N) is 4. The van der Waals surface area contributed by atoms with Crippen LogP contribution in [-0.2, 0) is 16.1 Å². The third-order valence-electron chi connectivity index (χ3n) is 5.72. The van der Waals surface area contributed by atoms with Gasteiger partial charge < -0.3 is 15.0 Å². The minimum Gasteiger partial charge on any atom is -0.497 e. The monoisotopic (exact) mass is 527 g/mol. The van der Waals surface area contributed by atoms with Gasteiger partial charge in [0, 0.05) is 36.0 Å². The van der Waals surface area contributed by atoms with E-state index in [0.717, 1.165) is 17.0 Å². The molecule has 0 aliphatic heterocycles. The van der Waals surface area contributed by atoms with Crippen LogP contribution in [0.25, 0.3) is 0 Å². The molecule has 194 valence electrons. The third-order valence-corrected chi connectivity index (χ3v) is 6.55.